The summed E-state index contributed by atoms with van der Waals surface area (Å²) in [7, 11) is 0. The van der Waals surface area contributed by atoms with E-state index < -0.39 is 66.8 Å². The summed E-state index contributed by atoms with van der Waals surface area (Å²) >= 11 is 0. The van der Waals surface area contributed by atoms with Crippen molar-refractivity contribution in [1.82, 2.24) is 16.0 Å². The smallest absolute Gasteiger partial charge is 0.326 e. The van der Waals surface area contributed by atoms with Gasteiger partial charge in [0.15, 0.2) is 0 Å². The fraction of sp³-hybridized carbons (Fsp3) is 0.688. The molecule has 0 fully saturated rings. The number of nitrogens with two attached hydrogens (primary N) is 2. The van der Waals surface area contributed by atoms with Crippen LogP contribution in [-0.4, -0.2) is 70.6 Å². The van der Waals surface area contributed by atoms with E-state index in [0.29, 0.717) is 0 Å². The van der Waals surface area contributed by atoms with Gasteiger partial charge in [0.2, 0.25) is 23.6 Å². The molecule has 0 saturated carbocycles. The van der Waals surface area contributed by atoms with Crippen LogP contribution in [0.4, 0.5) is 0 Å². The van der Waals surface area contributed by atoms with Crippen molar-refractivity contribution in [2.24, 2.45) is 17.4 Å². The Hall–Kier alpha value is -2.73. The summed E-state index contributed by atoms with van der Waals surface area (Å²) in [5, 5.41) is 25.6. The van der Waals surface area contributed by atoms with E-state index in [1.165, 1.54) is 6.92 Å². The molecule has 0 bridgehead atoms. The van der Waals surface area contributed by atoms with Crippen LogP contribution in [0, 0.1) is 5.92 Å². The van der Waals surface area contributed by atoms with E-state index in [0.717, 1.165) is 0 Å². The lowest BCUT2D eigenvalue weighted by Gasteiger charge is -2.26. The summed E-state index contributed by atoms with van der Waals surface area (Å²) in [6, 6.07) is -4.08. The van der Waals surface area contributed by atoms with Gasteiger partial charge in [0.05, 0.1) is 19.1 Å². The van der Waals surface area contributed by atoms with Gasteiger partial charge >= 0.3 is 5.97 Å². The number of carbonyl (C=O) groups is 5. The molecule has 0 aromatic carbocycles. The lowest BCUT2D eigenvalue weighted by atomic mass is 10.0. The van der Waals surface area contributed by atoms with Crippen LogP contribution in [0.3, 0.4) is 0 Å². The summed E-state index contributed by atoms with van der Waals surface area (Å²) < 4.78 is 0. The minimum atomic E-state index is -1.55. The van der Waals surface area contributed by atoms with Gasteiger partial charge in [0.1, 0.15) is 18.1 Å². The Morgan fingerprint density at radius 1 is 0.929 bits per heavy atom. The zero-order chi connectivity index (χ0) is 22.0. The predicted octanol–water partition coefficient (Wildman–Crippen LogP) is -3.21. The number of aliphatic hydroxyl groups is 1. The van der Waals surface area contributed by atoms with Crippen molar-refractivity contribution in [3.05, 3.63) is 0 Å². The Morgan fingerprint density at radius 3 is 1.86 bits per heavy atom. The number of aliphatic carboxylic acids is 1. The van der Waals surface area contributed by atoms with Gasteiger partial charge in [-0.2, -0.15) is 0 Å². The van der Waals surface area contributed by atoms with Crippen LogP contribution in [0.5, 0.6) is 0 Å². The van der Waals surface area contributed by atoms with E-state index >= 15 is 0 Å². The van der Waals surface area contributed by atoms with Gasteiger partial charge in [-0.1, -0.05) is 13.8 Å². The highest BCUT2D eigenvalue weighted by atomic mass is 16.4. The fourth-order valence-corrected chi connectivity index (χ4v) is 2.28. The van der Waals surface area contributed by atoms with Crippen LogP contribution < -0.4 is 27.4 Å². The molecule has 0 aliphatic heterocycles. The van der Waals surface area contributed by atoms with Crippen molar-refractivity contribution in [2.75, 3.05) is 6.54 Å². The molecule has 0 aliphatic carbocycles. The van der Waals surface area contributed by atoms with Gasteiger partial charge in [-0.05, 0) is 19.3 Å². The van der Waals surface area contributed by atoms with Gasteiger partial charge in [0.25, 0.3) is 0 Å². The molecule has 0 aromatic heterocycles. The normalized spacial score (nSPS) is 15.1. The van der Waals surface area contributed by atoms with Crippen LogP contribution in [0.15, 0.2) is 0 Å². The molecule has 0 aliphatic rings. The number of rotatable bonds is 12. The van der Waals surface area contributed by atoms with Crippen molar-refractivity contribution >= 4 is 29.6 Å². The van der Waals surface area contributed by atoms with Crippen LogP contribution in [-0.2, 0) is 24.0 Å². The van der Waals surface area contributed by atoms with E-state index in [9.17, 15) is 29.1 Å². The van der Waals surface area contributed by atoms with Gasteiger partial charge in [0, 0.05) is 0 Å². The zero-order valence-corrected chi connectivity index (χ0v) is 16.1. The molecule has 0 saturated heterocycles. The number of carboxylic acid groups (broad SMARTS) is 1. The molecule has 0 aromatic rings. The maximum Gasteiger partial charge on any atom is 0.326 e. The Balaban J connectivity index is 5.35. The molecular formula is C16H29N5O7. The molecule has 0 radical (unpaired) electrons. The summed E-state index contributed by atoms with van der Waals surface area (Å²) in [6.07, 6.45) is -1.76. The predicted molar refractivity (Wildman–Crippen MR) is 97.4 cm³/mol. The number of amides is 4. The van der Waals surface area contributed by atoms with Crippen molar-refractivity contribution in [3.8, 4) is 0 Å². The number of nitrogens with one attached hydrogen (secondary N) is 3. The van der Waals surface area contributed by atoms with Gasteiger partial charge in [-0.25, -0.2) is 4.79 Å². The van der Waals surface area contributed by atoms with E-state index in [2.05, 4.69) is 16.0 Å². The summed E-state index contributed by atoms with van der Waals surface area (Å²) in [5.41, 5.74) is 10.2. The quantitative estimate of drug-likeness (QED) is 0.175. The molecule has 0 spiro atoms. The van der Waals surface area contributed by atoms with E-state index in [-0.39, 0.29) is 12.3 Å². The average Bonchev–Trinajstić information content (AvgIpc) is 2.56. The van der Waals surface area contributed by atoms with Crippen LogP contribution in [0.1, 0.15) is 33.6 Å². The lowest BCUT2D eigenvalue weighted by molar-refractivity contribution is -0.144. The molecule has 12 heteroatoms. The van der Waals surface area contributed by atoms with E-state index in [4.69, 9.17) is 16.6 Å². The molecule has 160 valence electrons. The van der Waals surface area contributed by atoms with Crippen molar-refractivity contribution in [3.63, 3.8) is 0 Å². The SMILES string of the molecule is CC(C)CC(NC(=O)C(NC(=O)CN)C(C)O)C(=O)NC(CC(N)=O)C(=O)O. The monoisotopic (exact) mass is 403 g/mol. The second-order valence-corrected chi connectivity index (χ2v) is 6.75. The minimum Gasteiger partial charge on any atom is -0.480 e. The first-order valence-electron chi connectivity index (χ1n) is 8.68. The molecule has 4 atom stereocenters. The summed E-state index contributed by atoms with van der Waals surface area (Å²) in [4.78, 5) is 58.5. The van der Waals surface area contributed by atoms with Crippen LogP contribution in [0.25, 0.3) is 0 Å². The van der Waals surface area contributed by atoms with Crippen molar-refractivity contribution in [1.29, 1.82) is 0 Å². The third-order valence-corrected chi connectivity index (χ3v) is 3.63. The molecule has 28 heavy (non-hydrogen) atoms. The fourth-order valence-electron chi connectivity index (χ4n) is 2.28. The van der Waals surface area contributed by atoms with Crippen LogP contribution in [0.2, 0.25) is 0 Å². The molecular weight excluding hydrogens is 374 g/mol. The largest absolute Gasteiger partial charge is 0.480 e. The number of aliphatic hydroxyl groups excluding tert-OH is 1. The lowest BCUT2D eigenvalue weighted by Crippen LogP contribution is -2.59. The zero-order valence-electron chi connectivity index (χ0n) is 16.1. The molecule has 0 rings (SSSR count). The maximum absolute atomic E-state index is 12.5. The molecule has 12 nitrogen and oxygen atoms in total. The first kappa shape index (κ1) is 25.3. The topological polar surface area (TPSA) is 214 Å². The third kappa shape index (κ3) is 9.28. The summed E-state index contributed by atoms with van der Waals surface area (Å²) in [6.45, 7) is 4.41. The maximum atomic E-state index is 12.5. The number of hydrogen-bond acceptors (Lipinski definition) is 7. The highest BCUT2D eigenvalue weighted by molar-refractivity contribution is 5.94. The van der Waals surface area contributed by atoms with Crippen molar-refractivity contribution in [2.45, 2.75) is 57.8 Å². The minimum absolute atomic E-state index is 0.0703. The van der Waals surface area contributed by atoms with Gasteiger partial charge in [-0.3, -0.25) is 19.2 Å². The molecule has 0 heterocycles. The molecule has 4 unspecified atom stereocenters. The Bertz CT molecular complexity index is 594. The number of carbonyl (C=O) groups excluding carboxylic acids is 4. The Kier molecular flexibility index (Phi) is 10.7. The average molecular weight is 403 g/mol. The van der Waals surface area contributed by atoms with Gasteiger partial charge < -0.3 is 37.6 Å². The second kappa shape index (κ2) is 11.9. The molecule has 4 amide bonds. The third-order valence-electron chi connectivity index (χ3n) is 3.63. The highest BCUT2D eigenvalue weighted by Crippen LogP contribution is 2.07. The van der Waals surface area contributed by atoms with E-state index in [1.54, 1.807) is 13.8 Å². The summed E-state index contributed by atoms with van der Waals surface area (Å²) in [5.74, 6) is -4.82. The highest BCUT2D eigenvalue weighted by Gasteiger charge is 2.32. The van der Waals surface area contributed by atoms with Crippen molar-refractivity contribution < 1.29 is 34.2 Å². The first-order chi connectivity index (χ1) is 12.9. The number of primary amides is 1. The second-order valence-electron chi connectivity index (χ2n) is 6.75. The Labute approximate surface area is 162 Å². The Morgan fingerprint density at radius 2 is 1.46 bits per heavy atom. The molecule has 9 N–H and O–H groups in total. The van der Waals surface area contributed by atoms with Crippen LogP contribution >= 0.6 is 0 Å². The van der Waals surface area contributed by atoms with E-state index in [1.807, 2.05) is 0 Å². The first-order valence-corrected chi connectivity index (χ1v) is 8.68. The number of carboxylic acids is 1. The number of hydrogen-bond donors (Lipinski definition) is 7. The van der Waals surface area contributed by atoms with Gasteiger partial charge in [-0.15, -0.1) is 0 Å². The standard InChI is InChI=1S/C16H29N5O7/c1-7(2)4-9(14(25)20-10(16(27)28)5-11(18)23)19-15(26)13(8(3)22)21-12(24)6-17/h7-10,13,22H,4-6,17H2,1-3H3,(H2,18,23)(H,19,26)(H,20,25)(H,21,24)(H,27,28).